The second kappa shape index (κ2) is 5.23. The maximum atomic E-state index is 11.9. The minimum atomic E-state index is -0.158. The molecular formula is C14H12N2O2. The van der Waals surface area contributed by atoms with Crippen molar-refractivity contribution >= 4 is 17.6 Å². The molecule has 0 saturated heterocycles. The second-order valence-electron chi connectivity index (χ2n) is 3.81. The lowest BCUT2D eigenvalue weighted by molar-refractivity contribution is 0.101. The average molecular weight is 240 g/mol. The standard InChI is InChI=1S/C14H12N2O2/c1-10(17)11-3-2-4-12(9-11)13(18)5-6-14-15-7-8-16-14/h2-9H,1H3,(H,15,16)/b6-5+. The van der Waals surface area contributed by atoms with E-state index in [1.807, 2.05) is 0 Å². The molecule has 90 valence electrons. The Morgan fingerprint density at radius 2 is 2.06 bits per heavy atom. The molecule has 18 heavy (non-hydrogen) atoms. The van der Waals surface area contributed by atoms with E-state index in [0.29, 0.717) is 17.0 Å². The third-order valence-electron chi connectivity index (χ3n) is 2.47. The number of H-pyrrole nitrogens is 1. The molecule has 0 aliphatic carbocycles. The first-order valence-electron chi connectivity index (χ1n) is 5.49. The highest BCUT2D eigenvalue weighted by Crippen LogP contribution is 2.08. The molecular weight excluding hydrogens is 228 g/mol. The summed E-state index contributed by atoms with van der Waals surface area (Å²) in [5, 5.41) is 0. The fraction of sp³-hybridized carbons (Fsp3) is 0.0714. The first-order valence-corrected chi connectivity index (χ1v) is 5.49. The molecule has 0 radical (unpaired) electrons. The number of hydrogen-bond acceptors (Lipinski definition) is 3. The number of nitrogens with one attached hydrogen (secondary N) is 1. The molecule has 0 spiro atoms. The number of aromatic nitrogens is 2. The fourth-order valence-corrected chi connectivity index (χ4v) is 1.51. The van der Waals surface area contributed by atoms with Crippen LogP contribution in [0.2, 0.25) is 0 Å². The Kier molecular flexibility index (Phi) is 3.48. The van der Waals surface area contributed by atoms with E-state index in [2.05, 4.69) is 9.97 Å². The van der Waals surface area contributed by atoms with Crippen LogP contribution in [0.3, 0.4) is 0 Å². The minimum Gasteiger partial charge on any atom is -0.345 e. The summed E-state index contributed by atoms with van der Waals surface area (Å²) in [7, 11) is 0. The van der Waals surface area contributed by atoms with E-state index in [-0.39, 0.29) is 11.6 Å². The molecule has 0 fully saturated rings. The molecule has 0 amide bonds. The van der Waals surface area contributed by atoms with Gasteiger partial charge in [-0.05, 0) is 25.1 Å². The van der Waals surface area contributed by atoms with Crippen molar-refractivity contribution in [1.29, 1.82) is 0 Å². The van der Waals surface area contributed by atoms with Crippen LogP contribution in [0, 0.1) is 0 Å². The second-order valence-corrected chi connectivity index (χ2v) is 3.81. The van der Waals surface area contributed by atoms with E-state index >= 15 is 0 Å². The van der Waals surface area contributed by atoms with Crippen molar-refractivity contribution in [3.8, 4) is 0 Å². The number of Topliss-reactive ketones (excluding diaryl/α,β-unsaturated/α-hetero) is 1. The Morgan fingerprint density at radius 1 is 1.28 bits per heavy atom. The first-order chi connectivity index (χ1) is 8.66. The van der Waals surface area contributed by atoms with E-state index < -0.39 is 0 Å². The molecule has 1 heterocycles. The minimum absolute atomic E-state index is 0.0559. The highest BCUT2D eigenvalue weighted by Gasteiger charge is 2.05. The normalized spacial score (nSPS) is 10.7. The number of allylic oxidation sites excluding steroid dienone is 1. The third kappa shape index (κ3) is 2.79. The van der Waals surface area contributed by atoms with E-state index in [1.165, 1.54) is 13.0 Å². The summed E-state index contributed by atoms with van der Waals surface area (Å²) in [5.41, 5.74) is 1.03. The molecule has 4 nitrogen and oxygen atoms in total. The summed E-state index contributed by atoms with van der Waals surface area (Å²) in [6.45, 7) is 1.47. The summed E-state index contributed by atoms with van der Waals surface area (Å²) >= 11 is 0. The van der Waals surface area contributed by atoms with Gasteiger partial charge < -0.3 is 4.98 Å². The molecule has 1 N–H and O–H groups in total. The van der Waals surface area contributed by atoms with Gasteiger partial charge in [0.15, 0.2) is 11.6 Å². The zero-order valence-corrected chi connectivity index (χ0v) is 9.88. The highest BCUT2D eigenvalue weighted by molar-refractivity contribution is 6.08. The maximum absolute atomic E-state index is 11.9. The molecule has 4 heteroatoms. The van der Waals surface area contributed by atoms with Crippen LogP contribution in [0.15, 0.2) is 42.7 Å². The summed E-state index contributed by atoms with van der Waals surface area (Å²) in [5.74, 6) is 0.403. The predicted molar refractivity (Wildman–Crippen MR) is 68.4 cm³/mol. The van der Waals surface area contributed by atoms with Crippen molar-refractivity contribution in [2.75, 3.05) is 0 Å². The van der Waals surface area contributed by atoms with E-state index in [9.17, 15) is 9.59 Å². The van der Waals surface area contributed by atoms with Gasteiger partial charge in [0.1, 0.15) is 5.82 Å². The molecule has 0 aliphatic rings. The van der Waals surface area contributed by atoms with Crippen LogP contribution >= 0.6 is 0 Å². The van der Waals surface area contributed by atoms with Crippen molar-refractivity contribution in [2.45, 2.75) is 6.92 Å². The Balaban J connectivity index is 2.19. The lowest BCUT2D eigenvalue weighted by Gasteiger charge is -1.98. The van der Waals surface area contributed by atoms with Gasteiger partial charge in [0.2, 0.25) is 0 Å². The molecule has 2 aromatic rings. The molecule has 0 unspecified atom stereocenters. The van der Waals surface area contributed by atoms with Crippen LogP contribution in [0.1, 0.15) is 33.5 Å². The van der Waals surface area contributed by atoms with Crippen LogP contribution in [0.5, 0.6) is 0 Å². The molecule has 1 aromatic carbocycles. The fourth-order valence-electron chi connectivity index (χ4n) is 1.51. The van der Waals surface area contributed by atoms with Crippen molar-refractivity contribution in [1.82, 2.24) is 9.97 Å². The number of rotatable bonds is 4. The number of hydrogen-bond donors (Lipinski definition) is 1. The van der Waals surface area contributed by atoms with E-state index in [0.717, 1.165) is 0 Å². The first kappa shape index (κ1) is 12.0. The zero-order valence-electron chi connectivity index (χ0n) is 9.88. The number of carbonyl (C=O) groups excluding carboxylic acids is 2. The molecule has 0 atom stereocenters. The predicted octanol–water partition coefficient (Wildman–Crippen LogP) is 2.51. The van der Waals surface area contributed by atoms with Crippen LogP contribution in [0.4, 0.5) is 0 Å². The number of ketones is 2. The van der Waals surface area contributed by atoms with Gasteiger partial charge >= 0.3 is 0 Å². The van der Waals surface area contributed by atoms with Crippen LogP contribution in [-0.4, -0.2) is 21.5 Å². The average Bonchev–Trinajstić information content (AvgIpc) is 2.89. The van der Waals surface area contributed by atoms with Crippen molar-refractivity contribution in [3.63, 3.8) is 0 Å². The molecule has 0 aliphatic heterocycles. The SMILES string of the molecule is CC(=O)c1cccc(C(=O)/C=C/c2ncc[nH]2)c1. The van der Waals surface area contributed by atoms with Crippen LogP contribution in [-0.2, 0) is 0 Å². The van der Waals surface area contributed by atoms with Gasteiger partial charge in [-0.15, -0.1) is 0 Å². The summed E-state index contributed by atoms with van der Waals surface area (Å²) in [4.78, 5) is 29.9. The van der Waals surface area contributed by atoms with Crippen molar-refractivity contribution in [3.05, 3.63) is 59.7 Å². The van der Waals surface area contributed by atoms with Gasteiger partial charge in [0, 0.05) is 23.5 Å². The quantitative estimate of drug-likeness (QED) is 0.659. The Bertz CT molecular complexity index is 598. The number of nitrogens with zero attached hydrogens (tertiary/aromatic N) is 1. The Hall–Kier alpha value is -2.49. The highest BCUT2D eigenvalue weighted by atomic mass is 16.1. The summed E-state index contributed by atoms with van der Waals surface area (Å²) in [6.07, 6.45) is 6.32. The molecule has 1 aromatic heterocycles. The number of aromatic amines is 1. The Morgan fingerprint density at radius 3 is 2.72 bits per heavy atom. The Labute approximate surface area is 104 Å². The topological polar surface area (TPSA) is 62.8 Å². The largest absolute Gasteiger partial charge is 0.345 e. The van der Waals surface area contributed by atoms with Gasteiger partial charge in [-0.25, -0.2) is 4.98 Å². The van der Waals surface area contributed by atoms with Gasteiger partial charge in [-0.2, -0.15) is 0 Å². The monoisotopic (exact) mass is 240 g/mol. The van der Waals surface area contributed by atoms with Crippen molar-refractivity contribution < 1.29 is 9.59 Å². The smallest absolute Gasteiger partial charge is 0.185 e. The summed E-state index contributed by atoms with van der Waals surface area (Å²) < 4.78 is 0. The number of imidazole rings is 1. The van der Waals surface area contributed by atoms with E-state index in [4.69, 9.17) is 0 Å². The zero-order chi connectivity index (χ0) is 13.0. The molecule has 0 saturated carbocycles. The van der Waals surface area contributed by atoms with Crippen molar-refractivity contribution in [2.24, 2.45) is 0 Å². The lowest BCUT2D eigenvalue weighted by atomic mass is 10.0. The van der Waals surface area contributed by atoms with Crippen LogP contribution < -0.4 is 0 Å². The van der Waals surface area contributed by atoms with Gasteiger partial charge in [0.05, 0.1) is 0 Å². The third-order valence-corrected chi connectivity index (χ3v) is 2.47. The maximum Gasteiger partial charge on any atom is 0.185 e. The summed E-state index contributed by atoms with van der Waals surface area (Å²) in [6, 6.07) is 6.67. The van der Waals surface area contributed by atoms with E-state index in [1.54, 1.807) is 42.7 Å². The molecule has 0 bridgehead atoms. The lowest BCUT2D eigenvalue weighted by Crippen LogP contribution is -1.98. The number of carbonyl (C=O) groups is 2. The van der Waals surface area contributed by atoms with Gasteiger partial charge in [-0.3, -0.25) is 9.59 Å². The van der Waals surface area contributed by atoms with Crippen LogP contribution in [0.25, 0.3) is 6.08 Å². The van der Waals surface area contributed by atoms with Gasteiger partial charge in [-0.1, -0.05) is 18.2 Å². The van der Waals surface area contributed by atoms with Gasteiger partial charge in [0.25, 0.3) is 0 Å². The molecule has 2 rings (SSSR count). The number of benzene rings is 1.